The summed E-state index contributed by atoms with van der Waals surface area (Å²) in [6.45, 7) is 1.65. The molecule has 124 valence electrons. The van der Waals surface area contributed by atoms with Crippen LogP contribution in [0, 0.1) is 0 Å². The lowest BCUT2D eigenvalue weighted by atomic mass is 10.1. The van der Waals surface area contributed by atoms with Crippen molar-refractivity contribution in [2.24, 2.45) is 7.05 Å². The Bertz CT molecular complexity index is 807. The van der Waals surface area contributed by atoms with E-state index in [1.807, 2.05) is 36.4 Å². The lowest BCUT2D eigenvalue weighted by Gasteiger charge is -2.11. The zero-order valence-corrected chi connectivity index (χ0v) is 14.4. The van der Waals surface area contributed by atoms with Gasteiger partial charge >= 0.3 is 0 Å². The zero-order valence-electron chi connectivity index (χ0n) is 14.4. The molecule has 0 aliphatic carbocycles. The summed E-state index contributed by atoms with van der Waals surface area (Å²) in [6.07, 6.45) is 5.77. The highest BCUT2D eigenvalue weighted by Crippen LogP contribution is 2.20. The van der Waals surface area contributed by atoms with Gasteiger partial charge in [-0.2, -0.15) is 5.10 Å². The molecule has 5 heteroatoms. The molecule has 0 radical (unpaired) electrons. The van der Waals surface area contributed by atoms with Crippen LogP contribution in [-0.2, 0) is 20.1 Å². The topological polar surface area (TPSA) is 46.0 Å². The Morgan fingerprint density at radius 1 is 1.08 bits per heavy atom. The number of rotatable bonds is 6. The molecule has 0 saturated heterocycles. The van der Waals surface area contributed by atoms with Crippen molar-refractivity contribution in [3.8, 4) is 11.1 Å². The van der Waals surface area contributed by atoms with Crippen LogP contribution in [0.5, 0.6) is 0 Å². The maximum Gasteiger partial charge on any atom is 0.126 e. The smallest absolute Gasteiger partial charge is 0.126 e. The van der Waals surface area contributed by atoms with Crippen molar-refractivity contribution in [3.63, 3.8) is 0 Å². The van der Waals surface area contributed by atoms with Gasteiger partial charge in [-0.3, -0.25) is 4.68 Å². The van der Waals surface area contributed by atoms with E-state index in [4.69, 9.17) is 0 Å². The Hall–Kier alpha value is -2.66. The molecule has 2 heterocycles. The summed E-state index contributed by atoms with van der Waals surface area (Å²) in [5, 5.41) is 7.64. The third kappa shape index (κ3) is 4.20. The van der Waals surface area contributed by atoms with Gasteiger partial charge in [0.1, 0.15) is 5.82 Å². The monoisotopic (exact) mass is 321 g/mol. The van der Waals surface area contributed by atoms with Crippen molar-refractivity contribution >= 4 is 5.82 Å². The number of hydrogen-bond donors (Lipinski definition) is 1. The molecule has 0 saturated carbocycles. The fourth-order valence-electron chi connectivity index (χ4n) is 2.66. The summed E-state index contributed by atoms with van der Waals surface area (Å²) >= 11 is 0. The molecular formula is C19H23N5. The SMILES string of the molecule is CN(C)Cc1ccnc(NCc2cccc(-c3cnn(C)c3)c2)c1. The highest BCUT2D eigenvalue weighted by molar-refractivity contribution is 5.62. The summed E-state index contributed by atoms with van der Waals surface area (Å²) in [7, 11) is 6.07. The quantitative estimate of drug-likeness (QED) is 0.757. The Labute approximate surface area is 143 Å². The Balaban J connectivity index is 1.69. The van der Waals surface area contributed by atoms with Crippen molar-refractivity contribution in [3.05, 3.63) is 66.1 Å². The van der Waals surface area contributed by atoms with Gasteiger partial charge in [-0.15, -0.1) is 0 Å². The number of nitrogens with zero attached hydrogens (tertiary/aromatic N) is 4. The minimum absolute atomic E-state index is 0.743. The first-order valence-corrected chi connectivity index (χ1v) is 8.01. The van der Waals surface area contributed by atoms with E-state index in [9.17, 15) is 0 Å². The molecule has 0 fully saturated rings. The maximum absolute atomic E-state index is 4.40. The number of pyridine rings is 1. The van der Waals surface area contributed by atoms with Gasteiger partial charge < -0.3 is 10.2 Å². The van der Waals surface area contributed by atoms with Gasteiger partial charge in [0.25, 0.3) is 0 Å². The van der Waals surface area contributed by atoms with Gasteiger partial charge in [0, 0.05) is 38.1 Å². The van der Waals surface area contributed by atoms with Crippen LogP contribution in [0.3, 0.4) is 0 Å². The van der Waals surface area contributed by atoms with Crippen LogP contribution in [0.1, 0.15) is 11.1 Å². The highest BCUT2D eigenvalue weighted by atomic mass is 15.2. The van der Waals surface area contributed by atoms with Crippen molar-refractivity contribution in [1.29, 1.82) is 0 Å². The van der Waals surface area contributed by atoms with Crippen LogP contribution in [0.15, 0.2) is 55.0 Å². The van der Waals surface area contributed by atoms with Crippen LogP contribution in [0.4, 0.5) is 5.82 Å². The molecule has 0 aliphatic rings. The van der Waals surface area contributed by atoms with Crippen molar-refractivity contribution in [2.75, 3.05) is 19.4 Å². The fourth-order valence-corrected chi connectivity index (χ4v) is 2.66. The lowest BCUT2D eigenvalue weighted by molar-refractivity contribution is 0.402. The molecule has 0 aliphatic heterocycles. The molecule has 0 atom stereocenters. The summed E-state index contributed by atoms with van der Waals surface area (Å²) in [6, 6.07) is 12.6. The van der Waals surface area contributed by atoms with Crippen LogP contribution < -0.4 is 5.32 Å². The minimum Gasteiger partial charge on any atom is -0.366 e. The van der Waals surface area contributed by atoms with Crippen LogP contribution in [-0.4, -0.2) is 33.8 Å². The molecule has 0 bridgehead atoms. The number of nitrogens with one attached hydrogen (secondary N) is 1. The predicted molar refractivity (Wildman–Crippen MR) is 97.6 cm³/mol. The van der Waals surface area contributed by atoms with E-state index >= 15 is 0 Å². The van der Waals surface area contributed by atoms with Crippen molar-refractivity contribution in [2.45, 2.75) is 13.1 Å². The van der Waals surface area contributed by atoms with Crippen LogP contribution in [0.25, 0.3) is 11.1 Å². The van der Waals surface area contributed by atoms with E-state index in [1.165, 1.54) is 16.7 Å². The van der Waals surface area contributed by atoms with Crippen LogP contribution >= 0.6 is 0 Å². The predicted octanol–water partition coefficient (Wildman–Crippen LogP) is 3.16. The molecule has 3 rings (SSSR count). The summed E-state index contributed by atoms with van der Waals surface area (Å²) < 4.78 is 1.82. The maximum atomic E-state index is 4.40. The van der Waals surface area contributed by atoms with Gasteiger partial charge in [-0.25, -0.2) is 4.98 Å². The largest absolute Gasteiger partial charge is 0.366 e. The molecule has 1 aromatic carbocycles. The van der Waals surface area contributed by atoms with Crippen molar-refractivity contribution < 1.29 is 0 Å². The lowest BCUT2D eigenvalue weighted by Crippen LogP contribution is -2.11. The minimum atomic E-state index is 0.743. The second-order valence-electron chi connectivity index (χ2n) is 6.24. The third-order valence-corrected chi connectivity index (χ3v) is 3.76. The van der Waals surface area contributed by atoms with Gasteiger partial charge in [-0.05, 0) is 49.0 Å². The molecule has 24 heavy (non-hydrogen) atoms. The van der Waals surface area contributed by atoms with E-state index < -0.39 is 0 Å². The van der Waals surface area contributed by atoms with E-state index in [1.54, 1.807) is 0 Å². The molecule has 5 nitrogen and oxygen atoms in total. The second kappa shape index (κ2) is 7.27. The first-order chi connectivity index (χ1) is 11.6. The first kappa shape index (κ1) is 16.2. The van der Waals surface area contributed by atoms with Gasteiger partial charge in [0.2, 0.25) is 0 Å². The number of anilines is 1. The summed E-state index contributed by atoms with van der Waals surface area (Å²) in [5.41, 5.74) is 4.78. The average molecular weight is 321 g/mol. The molecule has 2 aromatic heterocycles. The van der Waals surface area contributed by atoms with E-state index in [2.05, 4.69) is 64.7 Å². The second-order valence-corrected chi connectivity index (χ2v) is 6.24. The molecule has 0 spiro atoms. The Kier molecular flexibility index (Phi) is 4.91. The van der Waals surface area contributed by atoms with E-state index in [0.29, 0.717) is 0 Å². The number of aromatic nitrogens is 3. The first-order valence-electron chi connectivity index (χ1n) is 8.01. The molecule has 0 amide bonds. The average Bonchev–Trinajstić information content (AvgIpc) is 3.00. The number of aryl methyl sites for hydroxylation is 1. The molecule has 1 N–H and O–H groups in total. The fraction of sp³-hybridized carbons (Fsp3) is 0.263. The van der Waals surface area contributed by atoms with Gasteiger partial charge in [0.15, 0.2) is 0 Å². The Morgan fingerprint density at radius 2 is 1.96 bits per heavy atom. The molecule has 0 unspecified atom stereocenters. The van der Waals surface area contributed by atoms with Crippen LogP contribution in [0.2, 0.25) is 0 Å². The summed E-state index contributed by atoms with van der Waals surface area (Å²) in [5.74, 6) is 0.904. The standard InChI is InChI=1S/C19H23N5/c1-23(2)13-16-7-8-20-19(10-16)21-11-15-5-4-6-17(9-15)18-12-22-24(3)14-18/h4-10,12,14H,11,13H2,1-3H3,(H,20,21). The van der Waals surface area contributed by atoms with E-state index in [-0.39, 0.29) is 0 Å². The Morgan fingerprint density at radius 3 is 2.71 bits per heavy atom. The normalized spacial score (nSPS) is 11.0. The zero-order chi connectivity index (χ0) is 16.9. The number of benzene rings is 1. The number of hydrogen-bond acceptors (Lipinski definition) is 4. The summed E-state index contributed by atoms with van der Waals surface area (Å²) in [4.78, 5) is 6.55. The third-order valence-electron chi connectivity index (χ3n) is 3.76. The van der Waals surface area contributed by atoms with Gasteiger partial charge in [-0.1, -0.05) is 18.2 Å². The van der Waals surface area contributed by atoms with Gasteiger partial charge in [0.05, 0.1) is 6.20 Å². The highest BCUT2D eigenvalue weighted by Gasteiger charge is 2.03. The van der Waals surface area contributed by atoms with Crippen molar-refractivity contribution in [1.82, 2.24) is 19.7 Å². The molecular weight excluding hydrogens is 298 g/mol. The van der Waals surface area contributed by atoms with E-state index in [0.717, 1.165) is 24.5 Å². The molecule has 3 aromatic rings.